The van der Waals surface area contributed by atoms with Crippen LogP contribution in [-0.4, -0.2) is 6.21 Å². The molecular formula is C18H35N3Ru. The molecule has 0 spiro atoms. The Balaban J connectivity index is -0.0000000686. The van der Waals surface area contributed by atoms with Crippen molar-refractivity contribution in [2.75, 3.05) is 0 Å². The van der Waals surface area contributed by atoms with E-state index < -0.39 is 0 Å². The summed E-state index contributed by atoms with van der Waals surface area (Å²) in [6, 6.07) is 3.50. The molecule has 22 heavy (non-hydrogen) atoms. The van der Waals surface area contributed by atoms with E-state index in [4.69, 9.17) is 10.5 Å². The van der Waals surface area contributed by atoms with E-state index in [9.17, 15) is 0 Å². The molecule has 4 heteroatoms. The Kier molecular flexibility index (Phi) is 33.6. The third-order valence-electron chi connectivity index (χ3n) is 4.33. The van der Waals surface area contributed by atoms with Gasteiger partial charge in [0.25, 0.3) is 0 Å². The molecule has 1 fully saturated rings. The molecule has 0 unspecified atom stereocenters. The van der Waals surface area contributed by atoms with Crippen molar-refractivity contribution in [1.82, 2.24) is 0 Å². The van der Waals surface area contributed by atoms with Crippen molar-refractivity contribution in [3.8, 4) is 12.1 Å². The minimum atomic E-state index is 0. The third kappa shape index (κ3) is 15.5. The fraction of sp³-hybridized carbons (Fsp3) is 0.722. The van der Waals surface area contributed by atoms with E-state index >= 15 is 0 Å². The first-order valence-corrected chi connectivity index (χ1v) is 7.15. The van der Waals surface area contributed by atoms with Gasteiger partial charge in [-0.2, -0.15) is 23.8 Å². The molecule has 0 atom stereocenters. The van der Waals surface area contributed by atoms with Crippen molar-refractivity contribution >= 4 is 6.21 Å². The van der Waals surface area contributed by atoms with Gasteiger partial charge in [-0.15, -0.1) is 0 Å². The molecular weight excluding hydrogens is 359 g/mol. The quantitative estimate of drug-likeness (QED) is 0.307. The van der Waals surface area contributed by atoms with E-state index in [0.29, 0.717) is 0 Å². The summed E-state index contributed by atoms with van der Waals surface area (Å²) >= 11 is 0. The monoisotopic (exact) mass is 395 g/mol. The van der Waals surface area contributed by atoms with Crippen LogP contribution < -0.4 is 0 Å². The number of nitrogens with zero attached hydrogens (tertiary/aromatic N) is 3. The SMILES string of the molecule is CC#N.CC#N.CC1C(C)C(C)C(C)C1C.[CH2-]N=CC.[CH3-].[Ru+2]. The summed E-state index contributed by atoms with van der Waals surface area (Å²) in [6.07, 6.45) is 1.64. The van der Waals surface area contributed by atoms with Crippen LogP contribution in [0, 0.1) is 66.7 Å². The molecule has 1 aliphatic rings. The maximum atomic E-state index is 7.32. The minimum absolute atomic E-state index is 0. The Morgan fingerprint density at radius 3 is 0.955 bits per heavy atom. The normalized spacial score (nSPS) is 27.6. The van der Waals surface area contributed by atoms with Gasteiger partial charge < -0.3 is 12.4 Å². The van der Waals surface area contributed by atoms with Gasteiger partial charge in [0, 0.05) is 13.8 Å². The van der Waals surface area contributed by atoms with Crippen LogP contribution in [0.15, 0.2) is 4.99 Å². The summed E-state index contributed by atoms with van der Waals surface area (Å²) in [5.41, 5.74) is 0. The largest absolute Gasteiger partial charge is 2.00 e. The van der Waals surface area contributed by atoms with E-state index in [-0.39, 0.29) is 26.9 Å². The van der Waals surface area contributed by atoms with Crippen LogP contribution >= 0.6 is 0 Å². The molecule has 0 N–H and O–H groups in total. The Morgan fingerprint density at radius 2 is 0.909 bits per heavy atom. The van der Waals surface area contributed by atoms with Gasteiger partial charge in [-0.1, -0.05) is 41.5 Å². The summed E-state index contributed by atoms with van der Waals surface area (Å²) < 4.78 is 0. The molecule has 0 aromatic heterocycles. The van der Waals surface area contributed by atoms with E-state index in [1.54, 1.807) is 18.4 Å². The van der Waals surface area contributed by atoms with Gasteiger partial charge >= 0.3 is 19.5 Å². The predicted molar refractivity (Wildman–Crippen MR) is 94.3 cm³/mol. The average Bonchev–Trinajstić information content (AvgIpc) is 2.59. The Labute approximate surface area is 153 Å². The minimum Gasteiger partial charge on any atom is -0.461 e. The molecule has 3 nitrogen and oxygen atoms in total. The van der Waals surface area contributed by atoms with Crippen molar-refractivity contribution < 1.29 is 19.5 Å². The second-order valence-electron chi connectivity index (χ2n) is 5.18. The molecule has 0 radical (unpaired) electrons. The molecule has 0 saturated heterocycles. The Hall–Kier alpha value is -0.857. The van der Waals surface area contributed by atoms with Gasteiger partial charge in [-0.05, 0) is 29.6 Å². The topological polar surface area (TPSA) is 59.9 Å². The second-order valence-corrected chi connectivity index (χ2v) is 5.18. The first-order chi connectivity index (χ1) is 9.30. The number of hydrogen-bond acceptors (Lipinski definition) is 3. The summed E-state index contributed by atoms with van der Waals surface area (Å²) in [6.45, 7) is 16.7. The van der Waals surface area contributed by atoms with Crippen LogP contribution in [0.25, 0.3) is 0 Å². The van der Waals surface area contributed by atoms with Crippen LogP contribution in [-0.2, 0) is 19.5 Å². The van der Waals surface area contributed by atoms with Crippen LogP contribution in [0.4, 0.5) is 0 Å². The molecule has 1 aliphatic carbocycles. The molecule has 1 rings (SSSR count). The smallest absolute Gasteiger partial charge is 0.461 e. The number of aliphatic imine (C=N–C) groups is 1. The van der Waals surface area contributed by atoms with Crippen molar-refractivity contribution in [2.45, 2.75) is 55.4 Å². The fourth-order valence-electron chi connectivity index (χ4n) is 2.39. The predicted octanol–water partition coefficient (Wildman–Crippen LogP) is 5.56. The van der Waals surface area contributed by atoms with E-state index in [2.05, 4.69) is 46.7 Å². The molecule has 0 heterocycles. The van der Waals surface area contributed by atoms with Gasteiger partial charge in [-0.3, -0.25) is 0 Å². The molecule has 0 amide bonds. The van der Waals surface area contributed by atoms with E-state index in [0.717, 1.165) is 29.6 Å². The Morgan fingerprint density at radius 1 is 0.818 bits per heavy atom. The average molecular weight is 395 g/mol. The van der Waals surface area contributed by atoms with Gasteiger partial charge in [0.2, 0.25) is 0 Å². The van der Waals surface area contributed by atoms with Crippen molar-refractivity contribution in [1.29, 1.82) is 10.5 Å². The number of rotatable bonds is 0. The van der Waals surface area contributed by atoms with Crippen LogP contribution in [0.3, 0.4) is 0 Å². The van der Waals surface area contributed by atoms with Gasteiger partial charge in [0.15, 0.2) is 0 Å². The summed E-state index contributed by atoms with van der Waals surface area (Å²) in [7, 11) is 3.17. The standard InChI is InChI=1S/C10H20.C3H6N.2C2H3N.CH3.Ru/c1-6-7(2)9(4)10(5)8(6)3;1-3-4-2;2*1-2-3;;/h6-10H,1-5H3;3H,2H2,1H3;2*1H3;1H3;/q;-1;;;-1;+2. The molecule has 130 valence electrons. The Bertz CT molecular complexity index is 254. The zero-order valence-corrected chi connectivity index (χ0v) is 17.6. The van der Waals surface area contributed by atoms with Gasteiger partial charge in [0.05, 0.1) is 12.1 Å². The van der Waals surface area contributed by atoms with Gasteiger partial charge in [0.1, 0.15) is 0 Å². The van der Waals surface area contributed by atoms with Crippen LogP contribution in [0.1, 0.15) is 55.4 Å². The van der Waals surface area contributed by atoms with Gasteiger partial charge in [-0.25, -0.2) is 0 Å². The van der Waals surface area contributed by atoms with E-state index in [1.807, 2.05) is 6.92 Å². The first-order valence-electron chi connectivity index (χ1n) is 7.15. The van der Waals surface area contributed by atoms with Crippen LogP contribution in [0.5, 0.6) is 0 Å². The molecule has 0 aromatic rings. The zero-order chi connectivity index (χ0) is 16.7. The fourth-order valence-corrected chi connectivity index (χ4v) is 2.39. The molecule has 0 aromatic carbocycles. The number of hydrogen-bond donors (Lipinski definition) is 0. The summed E-state index contributed by atoms with van der Waals surface area (Å²) in [5, 5.41) is 14.6. The molecule has 1 saturated carbocycles. The van der Waals surface area contributed by atoms with Crippen molar-refractivity contribution in [2.24, 2.45) is 34.6 Å². The molecule has 0 bridgehead atoms. The zero-order valence-electron chi connectivity index (χ0n) is 15.9. The maximum absolute atomic E-state index is 7.32. The van der Waals surface area contributed by atoms with Crippen molar-refractivity contribution in [3.63, 3.8) is 0 Å². The van der Waals surface area contributed by atoms with Crippen molar-refractivity contribution in [3.05, 3.63) is 14.5 Å². The second kappa shape index (κ2) is 22.4. The van der Waals surface area contributed by atoms with Crippen LogP contribution in [0.2, 0.25) is 0 Å². The maximum Gasteiger partial charge on any atom is 2.00 e. The first kappa shape index (κ1) is 32.9. The summed E-state index contributed by atoms with van der Waals surface area (Å²) in [5.74, 6) is 4.68. The van der Waals surface area contributed by atoms with E-state index in [1.165, 1.54) is 13.8 Å². The summed E-state index contributed by atoms with van der Waals surface area (Å²) in [4.78, 5) is 3.36. The molecule has 0 aliphatic heterocycles. The number of nitriles is 2. The third-order valence-corrected chi connectivity index (χ3v) is 4.33.